The van der Waals surface area contributed by atoms with Gasteiger partial charge in [-0.25, -0.2) is 4.79 Å². The number of fused-ring (bicyclic) bond motifs is 2. The van der Waals surface area contributed by atoms with Crippen LogP contribution in [0, 0.1) is 0 Å². The summed E-state index contributed by atoms with van der Waals surface area (Å²) in [6.45, 7) is 0. The monoisotopic (exact) mass is 403 g/mol. The Hall–Kier alpha value is -3.37. The Bertz CT molecular complexity index is 1160. The maximum Gasteiger partial charge on any atom is 0.326 e. The number of carboxylic acid groups (broad SMARTS) is 1. The summed E-state index contributed by atoms with van der Waals surface area (Å²) in [5, 5.41) is 17.0. The number of hydrogen-bond donors (Lipinski definition) is 2. The summed E-state index contributed by atoms with van der Waals surface area (Å²) < 4.78 is 0. The maximum atomic E-state index is 12.6. The van der Waals surface area contributed by atoms with Crippen LogP contribution in [0.1, 0.15) is 15.9 Å². The van der Waals surface area contributed by atoms with Gasteiger partial charge in [-0.2, -0.15) is 0 Å². The van der Waals surface area contributed by atoms with Crippen molar-refractivity contribution in [1.29, 1.82) is 0 Å². The van der Waals surface area contributed by atoms with Crippen LogP contribution in [0.4, 0.5) is 0 Å². The first-order chi connectivity index (χ1) is 14.0. The molecule has 4 nitrogen and oxygen atoms in total. The molecule has 2 N–H and O–H groups in total. The molecule has 0 saturated heterocycles. The van der Waals surface area contributed by atoms with Crippen molar-refractivity contribution in [2.45, 2.75) is 12.5 Å². The molecule has 0 saturated carbocycles. The minimum atomic E-state index is -1.08. The number of benzene rings is 4. The van der Waals surface area contributed by atoms with E-state index in [1.54, 1.807) is 24.3 Å². The zero-order valence-corrected chi connectivity index (χ0v) is 16.2. The van der Waals surface area contributed by atoms with Gasteiger partial charge in [-0.1, -0.05) is 60.1 Å². The van der Waals surface area contributed by atoms with Crippen molar-refractivity contribution in [3.8, 4) is 0 Å². The van der Waals surface area contributed by atoms with E-state index in [9.17, 15) is 14.7 Å². The molecule has 0 aliphatic heterocycles. The lowest BCUT2D eigenvalue weighted by atomic mass is 9.92. The highest BCUT2D eigenvalue weighted by Crippen LogP contribution is 2.29. The van der Waals surface area contributed by atoms with Crippen LogP contribution in [-0.4, -0.2) is 23.0 Å². The fraction of sp³-hybridized carbons (Fsp3) is 0.0833. The predicted molar refractivity (Wildman–Crippen MR) is 116 cm³/mol. The smallest absolute Gasteiger partial charge is 0.326 e. The number of hydrogen-bond acceptors (Lipinski definition) is 2. The van der Waals surface area contributed by atoms with E-state index in [2.05, 4.69) is 11.4 Å². The molecule has 0 bridgehead atoms. The Balaban J connectivity index is 1.73. The van der Waals surface area contributed by atoms with Crippen molar-refractivity contribution in [2.24, 2.45) is 0 Å². The van der Waals surface area contributed by atoms with Gasteiger partial charge in [0.15, 0.2) is 0 Å². The third kappa shape index (κ3) is 3.93. The molecule has 4 aromatic carbocycles. The van der Waals surface area contributed by atoms with Gasteiger partial charge < -0.3 is 10.4 Å². The van der Waals surface area contributed by atoms with Gasteiger partial charge in [0.25, 0.3) is 5.91 Å². The lowest BCUT2D eigenvalue weighted by Gasteiger charge is -2.18. The Morgan fingerprint density at radius 2 is 1.41 bits per heavy atom. The van der Waals surface area contributed by atoms with E-state index in [0.29, 0.717) is 10.6 Å². The molecule has 1 atom stereocenters. The zero-order valence-electron chi connectivity index (χ0n) is 15.4. The van der Waals surface area contributed by atoms with E-state index in [1.807, 2.05) is 48.5 Å². The third-order valence-electron chi connectivity index (χ3n) is 5.00. The van der Waals surface area contributed by atoms with Crippen LogP contribution in [-0.2, 0) is 11.2 Å². The first-order valence-corrected chi connectivity index (χ1v) is 9.59. The number of carbonyl (C=O) groups excluding carboxylic acids is 1. The van der Waals surface area contributed by atoms with E-state index in [0.717, 1.165) is 27.1 Å². The summed E-state index contributed by atoms with van der Waals surface area (Å²) >= 11 is 5.87. The van der Waals surface area contributed by atoms with Gasteiger partial charge in [0, 0.05) is 17.0 Å². The molecule has 0 spiro atoms. The SMILES string of the molecule is O=C(N[C@H](Cc1c2ccccc2cc2ccccc12)C(=O)O)c1ccc(Cl)cc1. The number of halogens is 1. The number of rotatable bonds is 5. The summed E-state index contributed by atoms with van der Waals surface area (Å²) in [4.78, 5) is 24.5. The molecule has 0 unspecified atom stereocenters. The molecule has 0 radical (unpaired) electrons. The Kier molecular flexibility index (Phi) is 5.19. The normalized spacial score (nSPS) is 12.0. The molecule has 144 valence electrons. The van der Waals surface area contributed by atoms with Crippen LogP contribution < -0.4 is 5.32 Å². The Morgan fingerprint density at radius 1 is 0.862 bits per heavy atom. The lowest BCUT2D eigenvalue weighted by Crippen LogP contribution is -2.42. The second kappa shape index (κ2) is 7.94. The Labute approximate surface area is 172 Å². The number of carbonyl (C=O) groups is 2. The average molecular weight is 404 g/mol. The van der Waals surface area contributed by atoms with Crippen LogP contribution in [0.5, 0.6) is 0 Å². The van der Waals surface area contributed by atoms with E-state index in [1.165, 1.54) is 0 Å². The topological polar surface area (TPSA) is 66.4 Å². The minimum Gasteiger partial charge on any atom is -0.480 e. The van der Waals surface area contributed by atoms with Crippen molar-refractivity contribution < 1.29 is 14.7 Å². The lowest BCUT2D eigenvalue weighted by molar-refractivity contribution is -0.139. The highest BCUT2D eigenvalue weighted by atomic mass is 35.5. The van der Waals surface area contributed by atoms with Gasteiger partial charge in [-0.05, 0) is 57.4 Å². The number of carboxylic acids is 1. The average Bonchev–Trinajstić information content (AvgIpc) is 2.73. The quantitative estimate of drug-likeness (QED) is 0.457. The van der Waals surface area contributed by atoms with Crippen LogP contribution in [0.3, 0.4) is 0 Å². The van der Waals surface area contributed by atoms with Crippen molar-refractivity contribution in [3.05, 3.63) is 95.0 Å². The highest BCUT2D eigenvalue weighted by Gasteiger charge is 2.23. The molecule has 0 heterocycles. The van der Waals surface area contributed by atoms with Gasteiger partial charge in [-0.3, -0.25) is 4.79 Å². The summed E-state index contributed by atoms with van der Waals surface area (Å²) in [5.74, 6) is -1.53. The highest BCUT2D eigenvalue weighted by molar-refractivity contribution is 6.30. The van der Waals surface area contributed by atoms with Crippen molar-refractivity contribution in [3.63, 3.8) is 0 Å². The second-order valence-corrected chi connectivity index (χ2v) is 7.31. The maximum absolute atomic E-state index is 12.6. The fourth-order valence-corrected chi connectivity index (χ4v) is 3.70. The summed E-state index contributed by atoms with van der Waals surface area (Å²) in [6.07, 6.45) is 0.177. The van der Waals surface area contributed by atoms with Gasteiger partial charge in [0.05, 0.1) is 0 Å². The van der Waals surface area contributed by atoms with E-state index < -0.39 is 17.9 Å². The molecule has 0 aromatic heterocycles. The van der Waals surface area contributed by atoms with Gasteiger partial charge in [0.1, 0.15) is 6.04 Å². The minimum absolute atomic E-state index is 0.177. The molecular formula is C24H18ClNO3. The van der Waals surface area contributed by atoms with Crippen molar-refractivity contribution in [2.75, 3.05) is 0 Å². The molecule has 29 heavy (non-hydrogen) atoms. The van der Waals surface area contributed by atoms with Gasteiger partial charge in [-0.15, -0.1) is 0 Å². The fourth-order valence-electron chi connectivity index (χ4n) is 3.57. The molecule has 0 aliphatic carbocycles. The first kappa shape index (κ1) is 19.0. The third-order valence-corrected chi connectivity index (χ3v) is 5.25. The molecular weight excluding hydrogens is 386 g/mol. The molecule has 0 aliphatic rings. The van der Waals surface area contributed by atoms with Crippen LogP contribution in [0.25, 0.3) is 21.5 Å². The summed E-state index contributed by atoms with van der Waals surface area (Å²) in [7, 11) is 0. The summed E-state index contributed by atoms with van der Waals surface area (Å²) in [5.41, 5.74) is 1.27. The first-order valence-electron chi connectivity index (χ1n) is 9.21. The zero-order chi connectivity index (χ0) is 20.4. The van der Waals surface area contributed by atoms with E-state index in [-0.39, 0.29) is 6.42 Å². The Morgan fingerprint density at radius 3 is 1.97 bits per heavy atom. The van der Waals surface area contributed by atoms with E-state index in [4.69, 9.17) is 11.6 Å². The largest absolute Gasteiger partial charge is 0.480 e. The van der Waals surface area contributed by atoms with E-state index >= 15 is 0 Å². The van der Waals surface area contributed by atoms with Crippen LogP contribution >= 0.6 is 11.6 Å². The van der Waals surface area contributed by atoms with Crippen molar-refractivity contribution >= 4 is 45.0 Å². The standard InChI is InChI=1S/C24H18ClNO3/c25-18-11-9-15(10-12-18)23(27)26-22(24(28)29)14-21-19-7-3-1-5-16(19)13-17-6-2-4-8-20(17)21/h1-13,22H,14H2,(H,26,27)(H,28,29)/t22-/m1/s1. The van der Waals surface area contributed by atoms with Crippen LogP contribution in [0.2, 0.25) is 5.02 Å². The summed E-state index contributed by atoms with van der Waals surface area (Å²) in [6, 6.07) is 23.1. The van der Waals surface area contributed by atoms with Gasteiger partial charge in [0.2, 0.25) is 0 Å². The van der Waals surface area contributed by atoms with Crippen molar-refractivity contribution in [1.82, 2.24) is 5.32 Å². The molecule has 1 amide bonds. The number of nitrogens with one attached hydrogen (secondary N) is 1. The predicted octanol–water partition coefficient (Wildman–Crippen LogP) is 5.07. The molecule has 5 heteroatoms. The van der Waals surface area contributed by atoms with Gasteiger partial charge >= 0.3 is 5.97 Å². The molecule has 0 fully saturated rings. The number of amides is 1. The molecule has 4 aromatic rings. The second-order valence-electron chi connectivity index (χ2n) is 6.87. The van der Waals surface area contributed by atoms with Crippen LogP contribution in [0.15, 0.2) is 78.9 Å². The molecule has 4 rings (SSSR count). The number of aliphatic carboxylic acids is 1.